The summed E-state index contributed by atoms with van der Waals surface area (Å²) in [4.78, 5) is 0. The number of hydrogen-bond acceptors (Lipinski definition) is 3. The summed E-state index contributed by atoms with van der Waals surface area (Å²) >= 11 is 0. The first-order chi connectivity index (χ1) is 7.86. The van der Waals surface area contributed by atoms with Crippen molar-refractivity contribution in [2.45, 2.75) is 51.0 Å². The van der Waals surface area contributed by atoms with Crippen LogP contribution in [0.15, 0.2) is 18.5 Å². The summed E-state index contributed by atoms with van der Waals surface area (Å²) in [5, 5.41) is 17.5. The quantitative estimate of drug-likeness (QED) is 0.848. The van der Waals surface area contributed by atoms with E-state index in [1.165, 1.54) is 32.1 Å². The Kier molecular flexibility index (Phi) is 4.28. The van der Waals surface area contributed by atoms with Crippen LogP contribution in [0, 0.1) is 5.92 Å². The molecule has 1 aromatic heterocycles. The Hall–Kier alpha value is -0.960. The summed E-state index contributed by atoms with van der Waals surface area (Å²) in [5.41, 5.74) is 0.894. The Bertz CT molecular complexity index is 296. The average Bonchev–Trinajstić information content (AvgIpc) is 2.38. The SMILES string of the molecule is OC(CCC1CCCCC1)c1ccnnc1. The third-order valence-electron chi connectivity index (χ3n) is 3.56. The fourth-order valence-corrected chi connectivity index (χ4v) is 2.53. The molecular weight excluding hydrogens is 200 g/mol. The summed E-state index contributed by atoms with van der Waals surface area (Å²) in [5.74, 6) is 0.832. The lowest BCUT2D eigenvalue weighted by atomic mass is 9.85. The number of rotatable bonds is 4. The van der Waals surface area contributed by atoms with E-state index in [-0.39, 0.29) is 6.10 Å². The number of aliphatic hydroxyl groups is 1. The predicted octanol–water partition coefficient (Wildman–Crippen LogP) is 2.87. The smallest absolute Gasteiger partial charge is 0.0806 e. The fourth-order valence-electron chi connectivity index (χ4n) is 2.53. The molecule has 1 aliphatic carbocycles. The Morgan fingerprint density at radius 3 is 2.75 bits per heavy atom. The van der Waals surface area contributed by atoms with Crippen LogP contribution in [0.1, 0.15) is 56.6 Å². The summed E-state index contributed by atoms with van der Waals surface area (Å²) in [6, 6.07) is 1.85. The van der Waals surface area contributed by atoms with Crippen molar-refractivity contribution in [3.8, 4) is 0 Å². The van der Waals surface area contributed by atoms with E-state index in [0.29, 0.717) is 0 Å². The summed E-state index contributed by atoms with van der Waals surface area (Å²) < 4.78 is 0. The monoisotopic (exact) mass is 220 g/mol. The molecule has 88 valence electrons. The standard InChI is InChI=1S/C13H20N2O/c16-13(12-8-9-14-15-10-12)7-6-11-4-2-1-3-5-11/h8-11,13,16H,1-7H2. The van der Waals surface area contributed by atoms with Crippen molar-refractivity contribution >= 4 is 0 Å². The molecule has 0 spiro atoms. The number of aliphatic hydroxyl groups excluding tert-OH is 1. The minimum absolute atomic E-state index is 0.363. The molecule has 1 aromatic rings. The normalized spacial score (nSPS) is 19.6. The molecule has 3 nitrogen and oxygen atoms in total. The van der Waals surface area contributed by atoms with Crippen LogP contribution in [0.2, 0.25) is 0 Å². The van der Waals surface area contributed by atoms with Crippen LogP contribution in [0.5, 0.6) is 0 Å². The highest BCUT2D eigenvalue weighted by molar-refractivity contribution is 5.08. The molecule has 0 aliphatic heterocycles. The Labute approximate surface area is 96.9 Å². The minimum Gasteiger partial charge on any atom is -0.388 e. The van der Waals surface area contributed by atoms with Crippen LogP contribution in [0.3, 0.4) is 0 Å². The number of nitrogens with zero attached hydrogens (tertiary/aromatic N) is 2. The fraction of sp³-hybridized carbons (Fsp3) is 0.692. The van der Waals surface area contributed by atoms with Crippen molar-refractivity contribution in [2.75, 3.05) is 0 Å². The van der Waals surface area contributed by atoms with Crippen molar-refractivity contribution in [3.63, 3.8) is 0 Å². The van der Waals surface area contributed by atoms with E-state index in [1.54, 1.807) is 12.4 Å². The van der Waals surface area contributed by atoms with Crippen molar-refractivity contribution in [2.24, 2.45) is 5.92 Å². The van der Waals surface area contributed by atoms with Gasteiger partial charge >= 0.3 is 0 Å². The Morgan fingerprint density at radius 2 is 2.06 bits per heavy atom. The summed E-state index contributed by atoms with van der Waals surface area (Å²) in [6.07, 6.45) is 11.8. The third-order valence-corrected chi connectivity index (χ3v) is 3.56. The molecule has 1 heterocycles. The molecule has 0 radical (unpaired) electrons. The molecule has 1 fully saturated rings. The van der Waals surface area contributed by atoms with E-state index in [9.17, 15) is 5.11 Å². The van der Waals surface area contributed by atoms with Crippen molar-refractivity contribution in [1.82, 2.24) is 10.2 Å². The van der Waals surface area contributed by atoms with Crippen LogP contribution in [0.4, 0.5) is 0 Å². The van der Waals surface area contributed by atoms with E-state index in [2.05, 4.69) is 10.2 Å². The van der Waals surface area contributed by atoms with E-state index < -0.39 is 0 Å². The third kappa shape index (κ3) is 3.27. The zero-order valence-corrected chi connectivity index (χ0v) is 9.68. The second-order valence-electron chi connectivity index (χ2n) is 4.77. The first-order valence-corrected chi connectivity index (χ1v) is 6.31. The highest BCUT2D eigenvalue weighted by atomic mass is 16.3. The van der Waals surface area contributed by atoms with Gasteiger partial charge in [-0.2, -0.15) is 10.2 Å². The maximum absolute atomic E-state index is 9.98. The summed E-state index contributed by atoms with van der Waals surface area (Å²) in [6.45, 7) is 0. The van der Waals surface area contributed by atoms with Gasteiger partial charge in [0.05, 0.1) is 12.3 Å². The number of hydrogen-bond donors (Lipinski definition) is 1. The molecule has 1 atom stereocenters. The molecule has 0 bridgehead atoms. The van der Waals surface area contributed by atoms with Gasteiger partial charge in [0.2, 0.25) is 0 Å². The second-order valence-corrected chi connectivity index (χ2v) is 4.77. The van der Waals surface area contributed by atoms with Crippen molar-refractivity contribution in [3.05, 3.63) is 24.0 Å². The first-order valence-electron chi connectivity index (χ1n) is 6.31. The molecule has 1 unspecified atom stereocenters. The Balaban J connectivity index is 1.77. The molecule has 3 heteroatoms. The zero-order chi connectivity index (χ0) is 11.2. The van der Waals surface area contributed by atoms with E-state index in [4.69, 9.17) is 0 Å². The molecule has 0 aromatic carbocycles. The van der Waals surface area contributed by atoms with Gasteiger partial charge < -0.3 is 5.11 Å². The molecule has 2 rings (SSSR count). The van der Waals surface area contributed by atoms with Gasteiger partial charge in [-0.1, -0.05) is 32.1 Å². The minimum atomic E-state index is -0.363. The van der Waals surface area contributed by atoms with Gasteiger partial charge in [-0.05, 0) is 24.8 Å². The predicted molar refractivity (Wildman–Crippen MR) is 62.8 cm³/mol. The molecule has 1 saturated carbocycles. The molecule has 16 heavy (non-hydrogen) atoms. The van der Waals surface area contributed by atoms with Crippen LogP contribution in [-0.4, -0.2) is 15.3 Å². The van der Waals surface area contributed by atoms with Crippen molar-refractivity contribution in [1.29, 1.82) is 0 Å². The average molecular weight is 220 g/mol. The molecule has 1 aliphatic rings. The topological polar surface area (TPSA) is 46.0 Å². The van der Waals surface area contributed by atoms with Gasteiger partial charge in [-0.25, -0.2) is 0 Å². The van der Waals surface area contributed by atoms with E-state index in [1.807, 2.05) is 6.07 Å². The second kappa shape index (κ2) is 5.94. The van der Waals surface area contributed by atoms with Gasteiger partial charge in [0.1, 0.15) is 0 Å². The van der Waals surface area contributed by atoms with Gasteiger partial charge in [-0.3, -0.25) is 0 Å². The van der Waals surface area contributed by atoms with Gasteiger partial charge in [-0.15, -0.1) is 0 Å². The maximum atomic E-state index is 9.98. The maximum Gasteiger partial charge on any atom is 0.0806 e. The lowest BCUT2D eigenvalue weighted by Crippen LogP contribution is -2.08. The summed E-state index contributed by atoms with van der Waals surface area (Å²) in [7, 11) is 0. The van der Waals surface area contributed by atoms with Gasteiger partial charge in [0.15, 0.2) is 0 Å². The highest BCUT2D eigenvalue weighted by Gasteiger charge is 2.15. The van der Waals surface area contributed by atoms with Gasteiger partial charge in [0, 0.05) is 11.8 Å². The zero-order valence-electron chi connectivity index (χ0n) is 9.68. The molecule has 0 saturated heterocycles. The van der Waals surface area contributed by atoms with E-state index in [0.717, 1.165) is 24.3 Å². The first kappa shape index (κ1) is 11.5. The molecule has 0 amide bonds. The number of aromatic nitrogens is 2. The Morgan fingerprint density at radius 1 is 1.25 bits per heavy atom. The van der Waals surface area contributed by atoms with Crippen LogP contribution >= 0.6 is 0 Å². The van der Waals surface area contributed by atoms with Crippen molar-refractivity contribution < 1.29 is 5.11 Å². The van der Waals surface area contributed by atoms with Crippen LogP contribution in [-0.2, 0) is 0 Å². The lowest BCUT2D eigenvalue weighted by Gasteiger charge is -2.22. The van der Waals surface area contributed by atoms with Crippen LogP contribution in [0.25, 0.3) is 0 Å². The lowest BCUT2D eigenvalue weighted by molar-refractivity contribution is 0.151. The molecule has 1 N–H and O–H groups in total. The molecular formula is C13H20N2O. The largest absolute Gasteiger partial charge is 0.388 e. The van der Waals surface area contributed by atoms with Gasteiger partial charge in [0.25, 0.3) is 0 Å². The van der Waals surface area contributed by atoms with E-state index >= 15 is 0 Å². The highest BCUT2D eigenvalue weighted by Crippen LogP contribution is 2.29. The van der Waals surface area contributed by atoms with Crippen LogP contribution < -0.4 is 0 Å².